The zero-order valence-corrected chi connectivity index (χ0v) is 9.50. The molecule has 0 bridgehead atoms. The number of nitrogens with zero attached hydrogens (tertiary/aromatic N) is 1. The van der Waals surface area contributed by atoms with Crippen molar-refractivity contribution in [2.24, 2.45) is 0 Å². The van der Waals surface area contributed by atoms with E-state index in [1.54, 1.807) is 11.3 Å². The molecule has 2 aromatic rings. The molecule has 1 heterocycles. The number of hydrogen-bond acceptors (Lipinski definition) is 3. The van der Waals surface area contributed by atoms with Crippen LogP contribution < -0.4 is 5.32 Å². The lowest BCUT2D eigenvalue weighted by molar-refractivity contribution is 0.572. The van der Waals surface area contributed by atoms with Crippen LogP contribution >= 0.6 is 11.3 Å². The molecule has 0 saturated carbocycles. The van der Waals surface area contributed by atoms with Crippen LogP contribution in [0.2, 0.25) is 0 Å². The first-order chi connectivity index (χ1) is 7.36. The lowest BCUT2D eigenvalue weighted by Gasteiger charge is -2.10. The van der Waals surface area contributed by atoms with Gasteiger partial charge in [-0.1, -0.05) is 30.3 Å². The van der Waals surface area contributed by atoms with Gasteiger partial charge in [-0.3, -0.25) is 0 Å². The Bertz CT molecular complexity index is 383. The molecular weight excluding hydrogens is 204 g/mol. The number of thiazole rings is 1. The number of nitrogens with one attached hydrogen (secondary N) is 1. The highest BCUT2D eigenvalue weighted by molar-refractivity contribution is 7.09. The Morgan fingerprint density at radius 1 is 1.33 bits per heavy atom. The average Bonchev–Trinajstić information content (AvgIpc) is 2.81. The Morgan fingerprint density at radius 3 is 2.80 bits per heavy atom. The van der Waals surface area contributed by atoms with Gasteiger partial charge in [0.1, 0.15) is 5.01 Å². The van der Waals surface area contributed by atoms with Crippen molar-refractivity contribution in [3.63, 3.8) is 0 Å². The third kappa shape index (κ3) is 2.88. The van der Waals surface area contributed by atoms with Gasteiger partial charge in [0.15, 0.2) is 0 Å². The predicted octanol–water partition coefficient (Wildman–Crippen LogP) is 2.99. The van der Waals surface area contributed by atoms with Crippen LogP contribution in [0.15, 0.2) is 41.9 Å². The van der Waals surface area contributed by atoms with Crippen molar-refractivity contribution in [3.05, 3.63) is 52.5 Å². The number of aromatic nitrogens is 1. The second-order valence-corrected chi connectivity index (χ2v) is 4.38. The second-order valence-electron chi connectivity index (χ2n) is 3.46. The Morgan fingerprint density at radius 2 is 2.13 bits per heavy atom. The van der Waals surface area contributed by atoms with E-state index < -0.39 is 0 Å². The molecule has 1 atom stereocenters. The van der Waals surface area contributed by atoms with E-state index in [1.165, 1.54) is 5.56 Å². The topological polar surface area (TPSA) is 24.9 Å². The minimum absolute atomic E-state index is 0.324. The van der Waals surface area contributed by atoms with Gasteiger partial charge in [-0.2, -0.15) is 0 Å². The van der Waals surface area contributed by atoms with E-state index in [4.69, 9.17) is 0 Å². The Kier molecular flexibility index (Phi) is 3.48. The summed E-state index contributed by atoms with van der Waals surface area (Å²) in [6.07, 6.45) is 1.85. The lowest BCUT2D eigenvalue weighted by atomic mass is 10.2. The second kappa shape index (κ2) is 5.05. The molecule has 0 amide bonds. The summed E-state index contributed by atoms with van der Waals surface area (Å²) in [6, 6.07) is 10.7. The molecule has 0 aliphatic rings. The van der Waals surface area contributed by atoms with Gasteiger partial charge in [0.05, 0.1) is 6.04 Å². The summed E-state index contributed by atoms with van der Waals surface area (Å²) in [7, 11) is 0. The van der Waals surface area contributed by atoms with Gasteiger partial charge in [-0.25, -0.2) is 4.98 Å². The summed E-state index contributed by atoms with van der Waals surface area (Å²) >= 11 is 1.69. The largest absolute Gasteiger partial charge is 0.304 e. The fraction of sp³-hybridized carbons (Fsp3) is 0.250. The van der Waals surface area contributed by atoms with E-state index in [9.17, 15) is 0 Å². The van der Waals surface area contributed by atoms with E-state index in [2.05, 4.69) is 41.5 Å². The first-order valence-electron chi connectivity index (χ1n) is 5.03. The molecule has 2 rings (SSSR count). The van der Waals surface area contributed by atoms with Crippen LogP contribution in [0.25, 0.3) is 0 Å². The van der Waals surface area contributed by atoms with Gasteiger partial charge >= 0.3 is 0 Å². The maximum absolute atomic E-state index is 4.28. The van der Waals surface area contributed by atoms with Gasteiger partial charge in [0.2, 0.25) is 0 Å². The van der Waals surface area contributed by atoms with Crippen LogP contribution in [0.3, 0.4) is 0 Å². The van der Waals surface area contributed by atoms with Gasteiger partial charge < -0.3 is 5.32 Å². The molecule has 3 heteroatoms. The van der Waals surface area contributed by atoms with Crippen LogP contribution in [-0.4, -0.2) is 4.98 Å². The molecule has 1 aromatic carbocycles. The molecule has 1 aromatic heterocycles. The standard InChI is InChI=1S/C12H14N2S/c1-10(12-13-7-8-15-12)14-9-11-5-3-2-4-6-11/h2-8,10,14H,9H2,1H3. The lowest BCUT2D eigenvalue weighted by Crippen LogP contribution is -2.17. The van der Waals surface area contributed by atoms with Crippen molar-refractivity contribution in [1.82, 2.24) is 10.3 Å². The van der Waals surface area contributed by atoms with Crippen molar-refractivity contribution >= 4 is 11.3 Å². The molecular formula is C12H14N2S. The molecule has 0 aliphatic heterocycles. The van der Waals surface area contributed by atoms with Crippen LogP contribution in [0.4, 0.5) is 0 Å². The highest BCUT2D eigenvalue weighted by Gasteiger charge is 2.06. The number of rotatable bonds is 4. The van der Waals surface area contributed by atoms with Gasteiger partial charge in [0, 0.05) is 18.1 Å². The molecule has 0 spiro atoms. The van der Waals surface area contributed by atoms with Crippen LogP contribution in [0, 0.1) is 0 Å². The molecule has 2 nitrogen and oxygen atoms in total. The highest BCUT2D eigenvalue weighted by atomic mass is 32.1. The number of benzene rings is 1. The molecule has 0 radical (unpaired) electrons. The fourth-order valence-corrected chi connectivity index (χ4v) is 2.07. The maximum Gasteiger partial charge on any atom is 0.109 e. The van der Waals surface area contributed by atoms with E-state index in [1.807, 2.05) is 17.6 Å². The predicted molar refractivity (Wildman–Crippen MR) is 63.8 cm³/mol. The SMILES string of the molecule is CC(NCc1ccccc1)c1nccs1. The van der Waals surface area contributed by atoms with Crippen molar-refractivity contribution in [2.45, 2.75) is 19.5 Å². The third-order valence-electron chi connectivity index (χ3n) is 2.28. The fourth-order valence-electron chi connectivity index (χ4n) is 1.40. The molecule has 1 N–H and O–H groups in total. The first kappa shape index (κ1) is 10.3. The van der Waals surface area contributed by atoms with Crippen LogP contribution in [-0.2, 0) is 6.54 Å². The van der Waals surface area contributed by atoms with Crippen molar-refractivity contribution in [3.8, 4) is 0 Å². The van der Waals surface area contributed by atoms with Crippen LogP contribution in [0.1, 0.15) is 23.5 Å². The van der Waals surface area contributed by atoms with E-state index in [0.29, 0.717) is 6.04 Å². The Labute approximate surface area is 94.0 Å². The molecule has 0 saturated heterocycles. The zero-order chi connectivity index (χ0) is 10.5. The number of hydrogen-bond donors (Lipinski definition) is 1. The van der Waals surface area contributed by atoms with E-state index in [0.717, 1.165) is 11.6 Å². The Hall–Kier alpha value is -1.19. The Balaban J connectivity index is 1.89. The summed E-state index contributed by atoms with van der Waals surface area (Å²) in [5.74, 6) is 0. The molecule has 15 heavy (non-hydrogen) atoms. The van der Waals surface area contributed by atoms with Crippen molar-refractivity contribution in [1.29, 1.82) is 0 Å². The van der Waals surface area contributed by atoms with E-state index >= 15 is 0 Å². The van der Waals surface area contributed by atoms with Gasteiger partial charge in [-0.05, 0) is 12.5 Å². The summed E-state index contributed by atoms with van der Waals surface area (Å²) in [6.45, 7) is 3.03. The maximum atomic E-state index is 4.28. The van der Waals surface area contributed by atoms with E-state index in [-0.39, 0.29) is 0 Å². The quantitative estimate of drug-likeness (QED) is 0.853. The van der Waals surface area contributed by atoms with Crippen LogP contribution in [0.5, 0.6) is 0 Å². The zero-order valence-electron chi connectivity index (χ0n) is 8.68. The van der Waals surface area contributed by atoms with Gasteiger partial charge in [-0.15, -0.1) is 11.3 Å². The minimum Gasteiger partial charge on any atom is -0.304 e. The normalized spacial score (nSPS) is 12.6. The summed E-state index contributed by atoms with van der Waals surface area (Å²) in [5, 5.41) is 6.60. The summed E-state index contributed by atoms with van der Waals surface area (Å²) in [5.41, 5.74) is 1.31. The highest BCUT2D eigenvalue weighted by Crippen LogP contribution is 2.15. The molecule has 0 fully saturated rings. The third-order valence-corrected chi connectivity index (χ3v) is 3.24. The van der Waals surface area contributed by atoms with Crippen molar-refractivity contribution in [2.75, 3.05) is 0 Å². The van der Waals surface area contributed by atoms with Crippen molar-refractivity contribution < 1.29 is 0 Å². The molecule has 78 valence electrons. The smallest absolute Gasteiger partial charge is 0.109 e. The molecule has 1 unspecified atom stereocenters. The monoisotopic (exact) mass is 218 g/mol. The summed E-state index contributed by atoms with van der Waals surface area (Å²) in [4.78, 5) is 4.28. The average molecular weight is 218 g/mol. The molecule has 0 aliphatic carbocycles. The minimum atomic E-state index is 0.324. The first-order valence-corrected chi connectivity index (χ1v) is 5.91. The summed E-state index contributed by atoms with van der Waals surface area (Å²) < 4.78 is 0. The van der Waals surface area contributed by atoms with Gasteiger partial charge in [0.25, 0.3) is 0 Å².